The summed E-state index contributed by atoms with van der Waals surface area (Å²) >= 11 is 0. The molecule has 0 saturated heterocycles. The lowest BCUT2D eigenvalue weighted by Crippen LogP contribution is -2.66. The molecule has 0 N–H and O–H groups in total. The SMILES string of the molecule is C/C=C(\C)C(=O)O[C@@H]1CC(C)(C)C[C@H]2C3=CC[C@@H]4[C@@]5(C)CCC(=O)C(C)(C)[C@@H]5CC[C@@]4(C)[C@]3(C)CC[C@@]12C(=O)OC. The van der Waals surface area contributed by atoms with E-state index in [0.29, 0.717) is 42.5 Å². The molecule has 4 saturated carbocycles. The summed E-state index contributed by atoms with van der Waals surface area (Å²) in [5, 5.41) is 0. The van der Waals surface area contributed by atoms with Gasteiger partial charge in [-0.05, 0) is 98.7 Å². The minimum absolute atomic E-state index is 0.0335. The average Bonchev–Trinajstić information content (AvgIpc) is 2.90. The molecule has 228 valence electrons. The Morgan fingerprint density at radius 3 is 2.27 bits per heavy atom. The summed E-state index contributed by atoms with van der Waals surface area (Å²) < 4.78 is 11.8. The van der Waals surface area contributed by atoms with Crippen molar-refractivity contribution < 1.29 is 23.9 Å². The Hall–Kier alpha value is -1.91. The Morgan fingerprint density at radius 2 is 1.63 bits per heavy atom. The van der Waals surface area contributed by atoms with Crippen LogP contribution < -0.4 is 0 Å². The molecule has 0 spiro atoms. The second kappa shape index (κ2) is 9.55. The topological polar surface area (TPSA) is 69.7 Å². The van der Waals surface area contributed by atoms with Crippen molar-refractivity contribution in [1.82, 2.24) is 0 Å². The van der Waals surface area contributed by atoms with Gasteiger partial charge in [0.25, 0.3) is 0 Å². The summed E-state index contributed by atoms with van der Waals surface area (Å²) in [5.74, 6) is 0.721. The van der Waals surface area contributed by atoms with Gasteiger partial charge in [-0.15, -0.1) is 0 Å². The minimum atomic E-state index is -0.872. The average molecular weight is 567 g/mol. The summed E-state index contributed by atoms with van der Waals surface area (Å²) in [6.45, 7) is 20.0. The van der Waals surface area contributed by atoms with Crippen molar-refractivity contribution >= 4 is 17.7 Å². The zero-order valence-corrected chi connectivity index (χ0v) is 27.4. The van der Waals surface area contributed by atoms with Gasteiger partial charge < -0.3 is 9.47 Å². The fraction of sp³-hybridized carbons (Fsp3) is 0.806. The largest absolute Gasteiger partial charge is 0.468 e. The van der Waals surface area contributed by atoms with E-state index in [1.165, 1.54) is 12.7 Å². The van der Waals surface area contributed by atoms with Crippen LogP contribution in [0.4, 0.5) is 0 Å². The summed E-state index contributed by atoms with van der Waals surface area (Å²) in [6.07, 6.45) is 11.6. The van der Waals surface area contributed by atoms with Crippen molar-refractivity contribution in [2.24, 2.45) is 50.2 Å². The highest BCUT2D eigenvalue weighted by molar-refractivity contribution is 5.88. The summed E-state index contributed by atoms with van der Waals surface area (Å²) in [7, 11) is 1.48. The number of methoxy groups -OCH3 is 1. The number of ketones is 1. The molecule has 5 nitrogen and oxygen atoms in total. The molecule has 5 rings (SSSR count). The lowest BCUT2D eigenvalue weighted by atomic mass is 9.33. The molecular formula is C36H54O5. The number of hydrogen-bond donors (Lipinski definition) is 0. The number of carbonyl (C=O) groups is 3. The van der Waals surface area contributed by atoms with Crippen molar-refractivity contribution in [3.63, 3.8) is 0 Å². The summed E-state index contributed by atoms with van der Waals surface area (Å²) in [5.41, 5.74) is 0.833. The molecule has 0 aromatic carbocycles. The fourth-order valence-electron chi connectivity index (χ4n) is 11.3. The standard InChI is InChI=1S/C36H54O5/c1-11-22(2)29(38)41-28-21-31(3,4)20-24-23-12-13-26-33(7)16-15-27(37)32(5,6)25(33)14-17-35(26,9)34(23,8)18-19-36(24,28)30(39)40-10/h11-12,24-26,28H,13-21H2,1-10H3/b22-11+/t24-,25-,26+,28+,33-,34+,35+,36-/m0/s1. The van der Waals surface area contributed by atoms with Gasteiger partial charge >= 0.3 is 11.9 Å². The van der Waals surface area contributed by atoms with Crippen LogP contribution in [0.1, 0.15) is 120 Å². The lowest BCUT2D eigenvalue weighted by molar-refractivity contribution is -0.207. The van der Waals surface area contributed by atoms with E-state index in [2.05, 4.69) is 54.5 Å². The van der Waals surface area contributed by atoms with Crippen LogP contribution in [0.3, 0.4) is 0 Å². The zero-order chi connectivity index (χ0) is 30.4. The van der Waals surface area contributed by atoms with Crippen LogP contribution in [0.15, 0.2) is 23.3 Å². The molecule has 41 heavy (non-hydrogen) atoms. The van der Waals surface area contributed by atoms with Gasteiger partial charge in [0.2, 0.25) is 0 Å². The van der Waals surface area contributed by atoms with Gasteiger partial charge in [-0.25, -0.2) is 4.79 Å². The number of rotatable bonds is 3. The van der Waals surface area contributed by atoms with Gasteiger partial charge in [-0.3, -0.25) is 9.59 Å². The van der Waals surface area contributed by atoms with E-state index in [4.69, 9.17) is 9.47 Å². The maximum atomic E-state index is 14.0. The van der Waals surface area contributed by atoms with Crippen LogP contribution >= 0.6 is 0 Å². The Balaban J connectivity index is 1.62. The Bertz CT molecular complexity index is 1210. The van der Waals surface area contributed by atoms with Crippen LogP contribution in [0, 0.1) is 50.2 Å². The number of carbonyl (C=O) groups excluding carboxylic acids is 3. The van der Waals surface area contributed by atoms with E-state index in [-0.39, 0.29) is 44.9 Å². The third-order valence-corrected chi connectivity index (χ3v) is 13.9. The molecule has 0 aromatic heterocycles. The number of ether oxygens (including phenoxy) is 2. The van der Waals surface area contributed by atoms with Crippen molar-refractivity contribution in [1.29, 1.82) is 0 Å². The number of fused-ring (bicyclic) bond motifs is 7. The quantitative estimate of drug-likeness (QED) is 0.197. The summed E-state index contributed by atoms with van der Waals surface area (Å²) in [4.78, 5) is 40.2. The Morgan fingerprint density at radius 1 is 0.951 bits per heavy atom. The highest BCUT2D eigenvalue weighted by atomic mass is 16.6. The number of hydrogen-bond acceptors (Lipinski definition) is 5. The maximum Gasteiger partial charge on any atom is 0.333 e. The molecule has 0 aromatic rings. The van der Waals surface area contributed by atoms with E-state index < -0.39 is 11.5 Å². The second-order valence-electron chi connectivity index (χ2n) is 16.5. The number of allylic oxidation sites excluding steroid dienone is 3. The van der Waals surface area contributed by atoms with E-state index in [1.54, 1.807) is 13.0 Å². The molecular weight excluding hydrogens is 512 g/mol. The normalized spacial score (nSPS) is 44.8. The first-order valence-corrected chi connectivity index (χ1v) is 16.1. The molecule has 0 aliphatic heterocycles. The predicted octanol–water partition coefficient (Wildman–Crippen LogP) is 8.02. The van der Waals surface area contributed by atoms with Crippen LogP contribution in [-0.4, -0.2) is 30.9 Å². The first kappa shape index (κ1) is 30.5. The van der Waals surface area contributed by atoms with E-state index in [9.17, 15) is 14.4 Å². The number of Topliss-reactive ketones (excluding diaryl/α,β-unsaturated/α-hetero) is 1. The van der Waals surface area contributed by atoms with E-state index >= 15 is 0 Å². The molecule has 5 aliphatic carbocycles. The lowest BCUT2D eigenvalue weighted by Gasteiger charge is -2.70. The third kappa shape index (κ3) is 4.02. The van der Waals surface area contributed by atoms with E-state index in [1.807, 2.05) is 6.92 Å². The van der Waals surface area contributed by atoms with Crippen molar-refractivity contribution in [3.8, 4) is 0 Å². The van der Waals surface area contributed by atoms with Crippen molar-refractivity contribution in [3.05, 3.63) is 23.3 Å². The van der Waals surface area contributed by atoms with Gasteiger partial charge in [0.05, 0.1) is 7.11 Å². The van der Waals surface area contributed by atoms with Gasteiger partial charge in [-0.1, -0.05) is 66.2 Å². The first-order chi connectivity index (χ1) is 18.9. The summed E-state index contributed by atoms with van der Waals surface area (Å²) in [6, 6.07) is 0. The Kier molecular flexibility index (Phi) is 7.11. The van der Waals surface area contributed by atoms with Crippen LogP contribution in [0.5, 0.6) is 0 Å². The van der Waals surface area contributed by atoms with Crippen LogP contribution in [0.25, 0.3) is 0 Å². The van der Waals surface area contributed by atoms with Crippen LogP contribution in [0.2, 0.25) is 0 Å². The molecule has 5 aliphatic rings. The molecule has 8 atom stereocenters. The van der Waals surface area contributed by atoms with Gasteiger partial charge in [0, 0.05) is 23.3 Å². The van der Waals surface area contributed by atoms with Gasteiger partial charge in [-0.2, -0.15) is 0 Å². The Labute approximate surface area is 248 Å². The maximum absolute atomic E-state index is 14.0. The highest BCUT2D eigenvalue weighted by Gasteiger charge is 2.71. The first-order valence-electron chi connectivity index (χ1n) is 16.1. The zero-order valence-electron chi connectivity index (χ0n) is 27.4. The molecule has 5 heteroatoms. The molecule has 0 unspecified atom stereocenters. The predicted molar refractivity (Wildman–Crippen MR) is 161 cm³/mol. The van der Waals surface area contributed by atoms with Gasteiger partial charge in [0.15, 0.2) is 0 Å². The van der Waals surface area contributed by atoms with E-state index in [0.717, 1.165) is 38.5 Å². The van der Waals surface area contributed by atoms with Crippen molar-refractivity contribution in [2.45, 2.75) is 126 Å². The van der Waals surface area contributed by atoms with Crippen LogP contribution in [-0.2, 0) is 23.9 Å². The second-order valence-corrected chi connectivity index (χ2v) is 16.5. The molecule has 0 heterocycles. The molecule has 0 bridgehead atoms. The number of esters is 2. The fourth-order valence-corrected chi connectivity index (χ4v) is 11.3. The monoisotopic (exact) mass is 566 g/mol. The molecule has 4 fully saturated rings. The molecule has 0 radical (unpaired) electrons. The minimum Gasteiger partial charge on any atom is -0.468 e. The molecule has 0 amide bonds. The smallest absolute Gasteiger partial charge is 0.333 e. The van der Waals surface area contributed by atoms with Crippen molar-refractivity contribution in [2.75, 3.05) is 7.11 Å². The van der Waals surface area contributed by atoms with Gasteiger partial charge in [0.1, 0.15) is 17.3 Å². The highest BCUT2D eigenvalue weighted by Crippen LogP contribution is 2.75. The third-order valence-electron chi connectivity index (χ3n) is 13.9.